The fourth-order valence-electron chi connectivity index (χ4n) is 5.15. The van der Waals surface area contributed by atoms with E-state index in [0.29, 0.717) is 20.6 Å². The van der Waals surface area contributed by atoms with Gasteiger partial charge in [0.25, 0.3) is 0 Å². The third-order valence-electron chi connectivity index (χ3n) is 7.36. The van der Waals surface area contributed by atoms with E-state index in [0.717, 1.165) is 34.3 Å². The van der Waals surface area contributed by atoms with Gasteiger partial charge in [0.2, 0.25) is 0 Å². The van der Waals surface area contributed by atoms with E-state index >= 15 is 0 Å². The standard InChI is InChI=1S/2C17H29P2.Ga.H/c2*1-11-10-14(18-16(4,5)6)15(13(3)12(11)2)19-17(7,8)9;;/h2*18-19H,1-9H3;;. The molecule has 0 bridgehead atoms. The van der Waals surface area contributed by atoms with Gasteiger partial charge in [0.15, 0.2) is 0 Å². The van der Waals surface area contributed by atoms with Crippen LogP contribution < -0.4 is 29.5 Å². The fourth-order valence-corrected chi connectivity index (χ4v) is 18.7. The van der Waals surface area contributed by atoms with E-state index in [-0.39, 0.29) is 0 Å². The molecule has 0 spiro atoms. The second kappa shape index (κ2) is 12.8. The maximum absolute atomic E-state index is 2.46. The quantitative estimate of drug-likeness (QED) is 0.225. The molecule has 0 radical (unpaired) electrons. The second-order valence-corrected chi connectivity index (χ2v) is 28.6. The molecule has 0 nitrogen and oxygen atoms in total. The molecule has 0 N–H and O–H groups in total. The van der Waals surface area contributed by atoms with Gasteiger partial charge in [-0.3, -0.25) is 0 Å². The van der Waals surface area contributed by atoms with Crippen LogP contribution in [0.3, 0.4) is 0 Å². The van der Waals surface area contributed by atoms with Gasteiger partial charge in [-0.05, 0) is 0 Å². The molecule has 0 saturated carbocycles. The Bertz CT molecular complexity index is 1120. The van der Waals surface area contributed by atoms with Gasteiger partial charge >= 0.3 is 260 Å². The van der Waals surface area contributed by atoms with Gasteiger partial charge < -0.3 is 0 Å². The van der Waals surface area contributed by atoms with Crippen molar-refractivity contribution in [2.24, 2.45) is 0 Å². The molecule has 0 aromatic heterocycles. The van der Waals surface area contributed by atoms with E-state index in [4.69, 9.17) is 0 Å². The minimum atomic E-state index is -1.30. The maximum atomic E-state index is 2.46. The molecule has 0 amide bonds. The Hall–Kier alpha value is 0.796. The number of benzene rings is 2. The van der Waals surface area contributed by atoms with E-state index in [2.05, 4.69) is 125 Å². The minimum absolute atomic E-state index is 0.301. The van der Waals surface area contributed by atoms with E-state index in [9.17, 15) is 0 Å². The van der Waals surface area contributed by atoms with Crippen LogP contribution in [-0.2, 0) is 0 Å². The van der Waals surface area contributed by atoms with Gasteiger partial charge in [-0.2, -0.15) is 0 Å². The summed E-state index contributed by atoms with van der Waals surface area (Å²) >= 11 is -1.30. The Morgan fingerprint density at radius 2 is 0.564 bits per heavy atom. The van der Waals surface area contributed by atoms with Crippen LogP contribution >= 0.6 is 34.3 Å². The van der Waals surface area contributed by atoms with Crippen molar-refractivity contribution in [3.63, 3.8) is 0 Å². The Balaban J connectivity index is 3.03. The molecular weight excluding hydrogens is 602 g/mol. The van der Waals surface area contributed by atoms with Gasteiger partial charge in [0.05, 0.1) is 0 Å². The second-order valence-electron chi connectivity index (χ2n) is 15.9. The molecule has 0 saturated heterocycles. The van der Waals surface area contributed by atoms with Crippen LogP contribution in [0.2, 0.25) is 0 Å². The van der Waals surface area contributed by atoms with Crippen molar-refractivity contribution in [3.8, 4) is 0 Å². The zero-order valence-corrected chi connectivity index (χ0v) is 35.7. The van der Waals surface area contributed by atoms with Crippen LogP contribution in [0, 0.1) is 41.5 Å². The van der Waals surface area contributed by atoms with E-state index in [1.807, 2.05) is 8.24 Å². The van der Waals surface area contributed by atoms with Crippen molar-refractivity contribution >= 4 is 81.2 Å². The average molecular weight is 661 g/mol. The predicted molar refractivity (Wildman–Crippen MR) is 199 cm³/mol. The molecule has 0 aliphatic rings. The van der Waals surface area contributed by atoms with Crippen LogP contribution in [0.25, 0.3) is 0 Å². The molecule has 0 fully saturated rings. The first kappa shape index (κ1) is 36.0. The van der Waals surface area contributed by atoms with Crippen molar-refractivity contribution in [1.82, 2.24) is 0 Å². The SMILES string of the molecule is Cc1c(C)c(PC(C)(C)C)c(PC(C)(C)C)[c]([GaH][c]2c(C)c(C)c(C)c(PC(C)(C)C)c2PC(C)(C)C)c1C. The van der Waals surface area contributed by atoms with Crippen LogP contribution in [0.15, 0.2) is 0 Å². The van der Waals surface area contributed by atoms with E-state index in [1.54, 1.807) is 54.6 Å². The number of hydrogen-bond acceptors (Lipinski definition) is 0. The fraction of sp³-hybridized carbons (Fsp3) is 0.647. The van der Waals surface area contributed by atoms with Gasteiger partial charge in [0, 0.05) is 0 Å². The molecule has 0 heterocycles. The van der Waals surface area contributed by atoms with Gasteiger partial charge in [-0.1, -0.05) is 0 Å². The first-order valence-electron chi connectivity index (χ1n) is 14.7. The predicted octanol–water partition coefficient (Wildman–Crippen LogP) is 7.33. The van der Waals surface area contributed by atoms with E-state index < -0.39 is 17.4 Å². The van der Waals surface area contributed by atoms with Crippen molar-refractivity contribution in [2.45, 2.75) is 145 Å². The van der Waals surface area contributed by atoms with Gasteiger partial charge in [-0.15, -0.1) is 0 Å². The van der Waals surface area contributed by atoms with Crippen LogP contribution in [0.5, 0.6) is 0 Å². The van der Waals surface area contributed by atoms with E-state index in [1.165, 1.54) is 0 Å². The summed E-state index contributed by atoms with van der Waals surface area (Å²) in [6.07, 6.45) is 0. The summed E-state index contributed by atoms with van der Waals surface area (Å²) in [7, 11) is 3.44. The Kier molecular flexibility index (Phi) is 11.8. The van der Waals surface area contributed by atoms with Gasteiger partial charge in [0.1, 0.15) is 0 Å². The molecule has 218 valence electrons. The summed E-state index contributed by atoms with van der Waals surface area (Å²) < 4.78 is 3.64. The molecule has 2 aromatic carbocycles. The summed E-state index contributed by atoms with van der Waals surface area (Å²) in [5.41, 5.74) is 9.49. The third kappa shape index (κ3) is 9.91. The number of hydrogen-bond donors (Lipinski definition) is 0. The number of rotatable bonds is 6. The summed E-state index contributed by atoms with van der Waals surface area (Å²) in [6, 6.07) is 0. The first-order chi connectivity index (χ1) is 17.3. The van der Waals surface area contributed by atoms with Gasteiger partial charge in [-0.25, -0.2) is 0 Å². The van der Waals surface area contributed by atoms with Crippen LogP contribution in [0.1, 0.15) is 116 Å². The normalized spacial score (nSPS) is 14.5. The zero-order chi connectivity index (χ0) is 30.5. The molecule has 4 atom stereocenters. The Labute approximate surface area is 258 Å². The molecular formula is C34H59GaP4. The summed E-state index contributed by atoms with van der Waals surface area (Å²) in [5.74, 6) is 0. The summed E-state index contributed by atoms with van der Waals surface area (Å²) in [4.78, 5) is 0. The zero-order valence-electron chi connectivity index (χ0n) is 28.7. The van der Waals surface area contributed by atoms with Crippen molar-refractivity contribution in [1.29, 1.82) is 0 Å². The molecule has 2 rings (SSSR count). The summed E-state index contributed by atoms with van der Waals surface area (Å²) in [5, 5.41) is 8.16. The van der Waals surface area contributed by atoms with Crippen LogP contribution in [-0.4, -0.2) is 38.0 Å². The molecule has 0 aliphatic carbocycles. The molecule has 0 aliphatic heterocycles. The Morgan fingerprint density at radius 3 is 0.795 bits per heavy atom. The topological polar surface area (TPSA) is 0 Å². The Morgan fingerprint density at radius 1 is 0.333 bits per heavy atom. The summed E-state index contributed by atoms with van der Waals surface area (Å²) in [6.45, 7) is 43.9. The first-order valence-corrected chi connectivity index (χ1v) is 21.7. The molecule has 2 aromatic rings. The molecule has 39 heavy (non-hydrogen) atoms. The van der Waals surface area contributed by atoms with Crippen molar-refractivity contribution in [3.05, 3.63) is 33.4 Å². The monoisotopic (exact) mass is 660 g/mol. The van der Waals surface area contributed by atoms with Crippen molar-refractivity contribution < 1.29 is 0 Å². The molecule has 4 unspecified atom stereocenters. The van der Waals surface area contributed by atoms with Crippen LogP contribution in [0.4, 0.5) is 0 Å². The third-order valence-corrected chi connectivity index (χ3v) is 20.9. The average Bonchev–Trinajstić information content (AvgIpc) is 2.72. The molecule has 5 heteroatoms. The van der Waals surface area contributed by atoms with Crippen molar-refractivity contribution in [2.75, 3.05) is 0 Å².